The average Bonchev–Trinajstić information content (AvgIpc) is 2.93. The van der Waals surface area contributed by atoms with Crippen molar-refractivity contribution in [3.05, 3.63) is 23.8 Å². The molecule has 1 unspecified atom stereocenters. The lowest BCUT2D eigenvalue weighted by Crippen LogP contribution is -2.38. The van der Waals surface area contributed by atoms with Gasteiger partial charge in [-0.15, -0.1) is 0 Å². The van der Waals surface area contributed by atoms with Gasteiger partial charge in [0.15, 0.2) is 0 Å². The van der Waals surface area contributed by atoms with Crippen molar-refractivity contribution < 1.29 is 22.8 Å². The van der Waals surface area contributed by atoms with Crippen LogP contribution in [0.25, 0.3) is 0 Å². The Labute approximate surface area is 189 Å². The number of amides is 4. The zero-order valence-electron chi connectivity index (χ0n) is 18.9. The molecule has 0 aliphatic carbocycles. The Morgan fingerprint density at radius 1 is 1.16 bits per heavy atom. The van der Waals surface area contributed by atoms with E-state index in [0.717, 1.165) is 30.6 Å². The Hall–Kier alpha value is -2.46. The number of carbonyl (C=O) groups is 3. The van der Waals surface area contributed by atoms with Gasteiger partial charge in [0.1, 0.15) is 12.6 Å². The van der Waals surface area contributed by atoms with E-state index in [1.807, 2.05) is 13.8 Å². The van der Waals surface area contributed by atoms with Gasteiger partial charge in [0.05, 0.1) is 4.90 Å². The molecule has 0 spiro atoms. The third-order valence-corrected chi connectivity index (χ3v) is 7.81. The van der Waals surface area contributed by atoms with Crippen LogP contribution in [0, 0.1) is 12.8 Å². The smallest absolute Gasteiger partial charge is 0.325 e. The van der Waals surface area contributed by atoms with Crippen molar-refractivity contribution in [1.82, 2.24) is 14.5 Å². The molecule has 2 aliphatic rings. The van der Waals surface area contributed by atoms with Crippen LogP contribution in [0.15, 0.2) is 23.1 Å². The molecule has 2 fully saturated rings. The monoisotopic (exact) mass is 464 g/mol. The fraction of sp³-hybridized carbons (Fsp3) is 0.591. The number of imide groups is 1. The van der Waals surface area contributed by atoms with Gasteiger partial charge >= 0.3 is 6.03 Å². The molecule has 0 aromatic heterocycles. The van der Waals surface area contributed by atoms with E-state index < -0.39 is 40.5 Å². The number of urea groups is 1. The fourth-order valence-corrected chi connectivity index (χ4v) is 5.85. The molecule has 1 aromatic rings. The van der Waals surface area contributed by atoms with Gasteiger partial charge in [-0.1, -0.05) is 32.8 Å². The molecule has 2 N–H and O–H groups in total. The Bertz CT molecular complexity index is 984. The number of anilines is 1. The highest BCUT2D eigenvalue weighted by Gasteiger charge is 2.39. The summed E-state index contributed by atoms with van der Waals surface area (Å²) in [6.45, 7) is 6.16. The molecule has 1 aromatic carbocycles. The van der Waals surface area contributed by atoms with Gasteiger partial charge in [0, 0.05) is 18.8 Å². The van der Waals surface area contributed by atoms with Crippen molar-refractivity contribution >= 4 is 33.6 Å². The lowest BCUT2D eigenvalue weighted by atomic mass is 10.0. The summed E-state index contributed by atoms with van der Waals surface area (Å²) in [4.78, 5) is 38.2. The number of hydrogen-bond acceptors (Lipinski definition) is 5. The number of hydrogen-bond donors (Lipinski definition) is 2. The summed E-state index contributed by atoms with van der Waals surface area (Å²) < 4.78 is 27.9. The van der Waals surface area contributed by atoms with E-state index >= 15 is 0 Å². The molecular formula is C22H32N4O5S. The molecule has 0 saturated carbocycles. The van der Waals surface area contributed by atoms with E-state index in [2.05, 4.69) is 10.6 Å². The predicted molar refractivity (Wildman–Crippen MR) is 121 cm³/mol. The summed E-state index contributed by atoms with van der Waals surface area (Å²) in [7, 11) is -3.68. The van der Waals surface area contributed by atoms with Crippen molar-refractivity contribution in [2.75, 3.05) is 25.0 Å². The standard InChI is InChI=1S/C22H32N4O5S/c1-15(2)12-18-21(28)26(22(29)24-18)14-20(27)23-17-9-8-16(3)19(13-17)32(30,31)25-10-6-4-5-7-11-25/h8-9,13,15,18H,4-7,10-12,14H2,1-3H3,(H,23,27)(H,24,29). The van der Waals surface area contributed by atoms with E-state index in [9.17, 15) is 22.8 Å². The van der Waals surface area contributed by atoms with Crippen LogP contribution in [-0.4, -0.2) is 61.1 Å². The van der Waals surface area contributed by atoms with Gasteiger partial charge < -0.3 is 10.6 Å². The highest BCUT2D eigenvalue weighted by Crippen LogP contribution is 2.26. The molecule has 4 amide bonds. The van der Waals surface area contributed by atoms with Gasteiger partial charge in [0.25, 0.3) is 5.91 Å². The van der Waals surface area contributed by atoms with E-state index in [1.54, 1.807) is 19.1 Å². The Morgan fingerprint density at radius 3 is 2.44 bits per heavy atom. The number of nitrogens with one attached hydrogen (secondary N) is 2. The highest BCUT2D eigenvalue weighted by atomic mass is 32.2. The van der Waals surface area contributed by atoms with Gasteiger partial charge in [-0.05, 0) is 49.8 Å². The topological polar surface area (TPSA) is 116 Å². The highest BCUT2D eigenvalue weighted by molar-refractivity contribution is 7.89. The normalized spacial score (nSPS) is 20.4. The minimum atomic E-state index is -3.68. The average molecular weight is 465 g/mol. The predicted octanol–water partition coefficient (Wildman–Crippen LogP) is 2.46. The van der Waals surface area contributed by atoms with Crippen LogP contribution < -0.4 is 10.6 Å². The minimum Gasteiger partial charge on any atom is -0.326 e. The molecule has 0 bridgehead atoms. The first kappa shape index (κ1) is 24.2. The van der Waals surface area contributed by atoms with Crippen molar-refractivity contribution in [2.45, 2.75) is 63.8 Å². The molecule has 2 heterocycles. The van der Waals surface area contributed by atoms with Crippen LogP contribution in [0.5, 0.6) is 0 Å². The van der Waals surface area contributed by atoms with Crippen molar-refractivity contribution in [3.8, 4) is 0 Å². The van der Waals surface area contributed by atoms with Gasteiger partial charge in [-0.2, -0.15) is 4.31 Å². The molecule has 3 rings (SSSR count). The number of nitrogens with zero attached hydrogens (tertiary/aromatic N) is 2. The van der Waals surface area contributed by atoms with E-state index in [0.29, 0.717) is 30.8 Å². The molecule has 32 heavy (non-hydrogen) atoms. The maximum Gasteiger partial charge on any atom is 0.325 e. The second-order valence-electron chi connectivity index (χ2n) is 8.90. The SMILES string of the molecule is Cc1ccc(NC(=O)CN2C(=O)NC(CC(C)C)C2=O)cc1S(=O)(=O)N1CCCCCC1. The number of benzene rings is 1. The number of sulfonamides is 1. The zero-order chi connectivity index (χ0) is 23.5. The van der Waals surface area contributed by atoms with E-state index in [-0.39, 0.29) is 10.8 Å². The quantitative estimate of drug-likeness (QED) is 0.602. The summed E-state index contributed by atoms with van der Waals surface area (Å²) >= 11 is 0. The summed E-state index contributed by atoms with van der Waals surface area (Å²) in [5, 5.41) is 5.23. The molecular weight excluding hydrogens is 432 g/mol. The third-order valence-electron chi connectivity index (χ3n) is 5.77. The largest absolute Gasteiger partial charge is 0.326 e. The number of rotatable bonds is 7. The van der Waals surface area contributed by atoms with Gasteiger partial charge in [-0.3, -0.25) is 14.5 Å². The molecule has 10 heteroatoms. The van der Waals surface area contributed by atoms with Crippen molar-refractivity contribution in [1.29, 1.82) is 0 Å². The molecule has 2 aliphatic heterocycles. The summed E-state index contributed by atoms with van der Waals surface area (Å²) in [5.74, 6) is -0.775. The van der Waals surface area contributed by atoms with Crippen LogP contribution in [-0.2, 0) is 19.6 Å². The first-order valence-electron chi connectivity index (χ1n) is 11.1. The fourth-order valence-electron chi connectivity index (χ4n) is 4.08. The summed E-state index contributed by atoms with van der Waals surface area (Å²) in [5.41, 5.74) is 0.901. The van der Waals surface area contributed by atoms with Crippen LogP contribution in [0.1, 0.15) is 51.5 Å². The first-order valence-corrected chi connectivity index (χ1v) is 12.6. The molecule has 9 nitrogen and oxygen atoms in total. The van der Waals surface area contributed by atoms with E-state index in [1.165, 1.54) is 10.4 Å². The summed E-state index contributed by atoms with van der Waals surface area (Å²) in [6.07, 6.45) is 4.19. The number of aryl methyl sites for hydroxylation is 1. The van der Waals surface area contributed by atoms with Gasteiger partial charge in [0.2, 0.25) is 15.9 Å². The van der Waals surface area contributed by atoms with Gasteiger partial charge in [-0.25, -0.2) is 13.2 Å². The Kier molecular flexibility index (Phi) is 7.55. The van der Waals surface area contributed by atoms with Crippen LogP contribution >= 0.6 is 0 Å². The Morgan fingerprint density at radius 2 is 1.81 bits per heavy atom. The van der Waals surface area contributed by atoms with Crippen LogP contribution in [0.2, 0.25) is 0 Å². The zero-order valence-corrected chi connectivity index (χ0v) is 19.7. The second-order valence-corrected chi connectivity index (χ2v) is 10.8. The lowest BCUT2D eigenvalue weighted by molar-refractivity contribution is -0.131. The first-order chi connectivity index (χ1) is 15.1. The van der Waals surface area contributed by atoms with Crippen molar-refractivity contribution in [3.63, 3.8) is 0 Å². The lowest BCUT2D eigenvalue weighted by Gasteiger charge is -2.21. The van der Waals surface area contributed by atoms with Crippen LogP contribution in [0.3, 0.4) is 0 Å². The molecule has 1 atom stereocenters. The maximum atomic E-state index is 13.2. The Balaban J connectivity index is 1.71. The maximum absolute atomic E-state index is 13.2. The molecule has 0 radical (unpaired) electrons. The minimum absolute atomic E-state index is 0.157. The number of carbonyl (C=O) groups excluding carboxylic acids is 3. The summed E-state index contributed by atoms with van der Waals surface area (Å²) in [6, 6.07) is 3.49. The third kappa shape index (κ3) is 5.47. The molecule has 2 saturated heterocycles. The second kappa shape index (κ2) is 9.99. The van der Waals surface area contributed by atoms with E-state index in [4.69, 9.17) is 0 Å². The van der Waals surface area contributed by atoms with Crippen molar-refractivity contribution in [2.24, 2.45) is 5.92 Å². The van der Waals surface area contributed by atoms with Crippen LogP contribution in [0.4, 0.5) is 10.5 Å². The molecule has 176 valence electrons.